The topological polar surface area (TPSA) is 111 Å². The van der Waals surface area contributed by atoms with Crippen LogP contribution in [0.2, 0.25) is 10.0 Å². The number of furan rings is 1. The molecule has 2 N–H and O–H groups in total. The summed E-state index contributed by atoms with van der Waals surface area (Å²) in [7, 11) is 5.05. The standard InChI is InChI=1S/C23H22Cl2N4O5/c1-28(2)20-19(25)15(6-9-27-20)34-16-12-17(32-3)14(11-13(16)24)29(18-5-4-10-33-18)22(31)23(7-8-23)21(26)30/h4-6,9-12H,7-8H2,1-3H3,(H2,26,30). The largest absolute Gasteiger partial charge is 0.494 e. The number of hydrogen-bond acceptors (Lipinski definition) is 7. The van der Waals surface area contributed by atoms with Gasteiger partial charge in [-0.2, -0.15) is 0 Å². The lowest BCUT2D eigenvalue weighted by Crippen LogP contribution is -2.41. The van der Waals surface area contributed by atoms with Crippen molar-refractivity contribution in [1.29, 1.82) is 0 Å². The number of primary amides is 1. The van der Waals surface area contributed by atoms with Crippen molar-refractivity contribution in [2.45, 2.75) is 12.8 Å². The van der Waals surface area contributed by atoms with E-state index in [0.717, 1.165) is 0 Å². The maximum atomic E-state index is 13.5. The number of carbonyl (C=O) groups is 2. The van der Waals surface area contributed by atoms with Gasteiger partial charge in [0.15, 0.2) is 11.6 Å². The summed E-state index contributed by atoms with van der Waals surface area (Å²) in [5.41, 5.74) is 4.51. The summed E-state index contributed by atoms with van der Waals surface area (Å²) in [4.78, 5) is 32.8. The minimum absolute atomic E-state index is 0.170. The molecule has 11 heteroatoms. The monoisotopic (exact) mass is 504 g/mol. The predicted octanol–water partition coefficient (Wildman–Crippen LogP) is 4.78. The Kier molecular flexibility index (Phi) is 6.33. The smallest absolute Gasteiger partial charge is 0.249 e. The zero-order valence-electron chi connectivity index (χ0n) is 18.7. The zero-order valence-corrected chi connectivity index (χ0v) is 20.2. The van der Waals surface area contributed by atoms with E-state index in [2.05, 4.69) is 4.98 Å². The molecule has 0 bridgehead atoms. The normalized spacial score (nSPS) is 13.8. The molecule has 0 saturated heterocycles. The van der Waals surface area contributed by atoms with Crippen LogP contribution >= 0.6 is 23.2 Å². The average Bonchev–Trinajstić information content (AvgIpc) is 3.46. The Morgan fingerprint density at radius 1 is 1.15 bits per heavy atom. The van der Waals surface area contributed by atoms with E-state index in [0.29, 0.717) is 29.4 Å². The van der Waals surface area contributed by atoms with E-state index in [1.807, 2.05) is 14.1 Å². The van der Waals surface area contributed by atoms with Crippen molar-refractivity contribution >= 4 is 52.4 Å². The molecule has 1 aromatic carbocycles. The fourth-order valence-electron chi connectivity index (χ4n) is 3.50. The third-order valence-corrected chi connectivity index (χ3v) is 6.16. The summed E-state index contributed by atoms with van der Waals surface area (Å²) in [5.74, 6) is 0.323. The summed E-state index contributed by atoms with van der Waals surface area (Å²) < 4.78 is 17.0. The number of pyridine rings is 1. The Balaban J connectivity index is 1.77. The lowest BCUT2D eigenvalue weighted by molar-refractivity contribution is -0.133. The number of anilines is 3. The van der Waals surface area contributed by atoms with Gasteiger partial charge in [0, 0.05) is 38.5 Å². The highest BCUT2D eigenvalue weighted by atomic mass is 35.5. The van der Waals surface area contributed by atoms with E-state index in [9.17, 15) is 9.59 Å². The van der Waals surface area contributed by atoms with Crippen LogP contribution in [-0.2, 0) is 9.59 Å². The molecule has 1 aliphatic rings. The Bertz CT molecular complexity index is 1240. The number of carbonyl (C=O) groups excluding carboxylic acids is 2. The number of methoxy groups -OCH3 is 1. The second kappa shape index (κ2) is 9.08. The van der Waals surface area contributed by atoms with E-state index in [-0.39, 0.29) is 28.1 Å². The summed E-state index contributed by atoms with van der Waals surface area (Å²) in [5, 5.41) is 0.472. The van der Waals surface area contributed by atoms with Crippen LogP contribution in [0.4, 0.5) is 17.4 Å². The third kappa shape index (κ3) is 4.12. The van der Waals surface area contributed by atoms with Crippen LogP contribution in [0, 0.1) is 5.41 Å². The van der Waals surface area contributed by atoms with Gasteiger partial charge >= 0.3 is 0 Å². The second-order valence-corrected chi connectivity index (χ2v) is 8.72. The maximum absolute atomic E-state index is 13.5. The Labute approximate surface area is 205 Å². The van der Waals surface area contributed by atoms with Crippen molar-refractivity contribution in [2.24, 2.45) is 11.1 Å². The fraction of sp³-hybridized carbons (Fsp3) is 0.261. The van der Waals surface area contributed by atoms with Crippen molar-refractivity contribution in [1.82, 2.24) is 4.98 Å². The molecule has 2 amide bonds. The first-order chi connectivity index (χ1) is 16.2. The lowest BCUT2D eigenvalue weighted by atomic mass is 10.0. The molecule has 9 nitrogen and oxygen atoms in total. The van der Waals surface area contributed by atoms with Crippen molar-refractivity contribution in [3.63, 3.8) is 0 Å². The first-order valence-corrected chi connectivity index (χ1v) is 11.0. The molecule has 2 heterocycles. The highest BCUT2D eigenvalue weighted by Gasteiger charge is 2.58. The average molecular weight is 505 g/mol. The van der Waals surface area contributed by atoms with Crippen LogP contribution in [0.5, 0.6) is 17.2 Å². The molecule has 0 atom stereocenters. The van der Waals surface area contributed by atoms with Crippen LogP contribution in [-0.4, -0.2) is 38.0 Å². The van der Waals surface area contributed by atoms with Crippen LogP contribution < -0.4 is 25.0 Å². The lowest BCUT2D eigenvalue weighted by Gasteiger charge is -2.26. The fourth-order valence-corrected chi connectivity index (χ4v) is 4.01. The van der Waals surface area contributed by atoms with Gasteiger partial charge in [0.25, 0.3) is 0 Å². The van der Waals surface area contributed by atoms with Crippen molar-refractivity contribution in [3.8, 4) is 17.2 Å². The molecule has 34 heavy (non-hydrogen) atoms. The van der Waals surface area contributed by atoms with Gasteiger partial charge in [-0.3, -0.25) is 9.59 Å². The molecular formula is C23H22Cl2N4O5. The van der Waals surface area contributed by atoms with Gasteiger partial charge in [-0.1, -0.05) is 23.2 Å². The second-order valence-electron chi connectivity index (χ2n) is 7.94. The van der Waals surface area contributed by atoms with E-state index in [1.165, 1.54) is 30.4 Å². The number of benzene rings is 1. The molecule has 0 spiro atoms. The number of ether oxygens (including phenoxy) is 2. The number of hydrogen-bond donors (Lipinski definition) is 1. The van der Waals surface area contributed by atoms with Gasteiger partial charge in [-0.25, -0.2) is 9.88 Å². The van der Waals surface area contributed by atoms with Gasteiger partial charge < -0.3 is 24.5 Å². The van der Waals surface area contributed by atoms with Crippen LogP contribution in [0.3, 0.4) is 0 Å². The SMILES string of the molecule is COc1cc(Oc2ccnc(N(C)C)c2Cl)c(Cl)cc1N(C(=O)C1(C(N)=O)CC1)c1ccco1. The first-order valence-electron chi connectivity index (χ1n) is 10.2. The molecule has 0 radical (unpaired) electrons. The number of aromatic nitrogens is 1. The Morgan fingerprint density at radius 3 is 2.44 bits per heavy atom. The number of halogens is 2. The highest BCUT2D eigenvalue weighted by Crippen LogP contribution is 2.51. The quantitative estimate of drug-likeness (QED) is 0.439. The molecule has 1 aliphatic carbocycles. The van der Waals surface area contributed by atoms with Gasteiger partial charge in [0.1, 0.15) is 21.9 Å². The van der Waals surface area contributed by atoms with Gasteiger partial charge in [-0.05, 0) is 25.0 Å². The van der Waals surface area contributed by atoms with E-state index < -0.39 is 17.2 Å². The first kappa shape index (κ1) is 23.7. The van der Waals surface area contributed by atoms with E-state index in [1.54, 1.807) is 29.3 Å². The summed E-state index contributed by atoms with van der Waals surface area (Å²) in [6.07, 6.45) is 3.68. The van der Waals surface area contributed by atoms with Crippen LogP contribution in [0.15, 0.2) is 47.2 Å². The zero-order chi connectivity index (χ0) is 24.6. The maximum Gasteiger partial charge on any atom is 0.249 e. The molecule has 178 valence electrons. The van der Waals surface area contributed by atoms with Crippen LogP contribution in [0.25, 0.3) is 0 Å². The molecule has 0 aliphatic heterocycles. The Morgan fingerprint density at radius 2 is 1.88 bits per heavy atom. The van der Waals surface area contributed by atoms with Crippen molar-refractivity contribution < 1.29 is 23.5 Å². The van der Waals surface area contributed by atoms with Crippen LogP contribution in [0.1, 0.15) is 12.8 Å². The number of amides is 2. The highest BCUT2D eigenvalue weighted by molar-refractivity contribution is 6.34. The molecule has 4 rings (SSSR count). The predicted molar refractivity (Wildman–Crippen MR) is 128 cm³/mol. The summed E-state index contributed by atoms with van der Waals surface area (Å²) >= 11 is 13.0. The minimum atomic E-state index is -1.30. The van der Waals surface area contributed by atoms with E-state index in [4.69, 9.17) is 42.8 Å². The van der Waals surface area contributed by atoms with Gasteiger partial charge in [0.2, 0.25) is 17.7 Å². The molecule has 2 aromatic heterocycles. The summed E-state index contributed by atoms with van der Waals surface area (Å²) in [6, 6.07) is 7.84. The van der Waals surface area contributed by atoms with Crippen molar-refractivity contribution in [3.05, 3.63) is 52.8 Å². The number of nitrogens with zero attached hydrogens (tertiary/aromatic N) is 3. The molecule has 3 aromatic rings. The van der Waals surface area contributed by atoms with Crippen molar-refractivity contribution in [2.75, 3.05) is 31.0 Å². The van der Waals surface area contributed by atoms with E-state index >= 15 is 0 Å². The Hall–Kier alpha value is -3.43. The molecule has 1 fully saturated rings. The van der Waals surface area contributed by atoms with Gasteiger partial charge in [0.05, 0.1) is 24.1 Å². The molecular weight excluding hydrogens is 483 g/mol. The summed E-state index contributed by atoms with van der Waals surface area (Å²) in [6.45, 7) is 0. The number of nitrogens with two attached hydrogens (primary N) is 1. The molecule has 1 saturated carbocycles. The van der Waals surface area contributed by atoms with Gasteiger partial charge in [-0.15, -0.1) is 0 Å². The molecule has 0 unspecified atom stereocenters. The minimum Gasteiger partial charge on any atom is -0.494 e. The third-order valence-electron chi connectivity index (χ3n) is 5.51. The number of rotatable bonds is 8.